The summed E-state index contributed by atoms with van der Waals surface area (Å²) in [6, 6.07) is -3.76. The summed E-state index contributed by atoms with van der Waals surface area (Å²) in [6.45, 7) is 14.1. The van der Waals surface area contributed by atoms with Crippen LogP contribution in [0.4, 0.5) is 0 Å². The van der Waals surface area contributed by atoms with E-state index in [1.165, 1.54) is 114 Å². The van der Waals surface area contributed by atoms with E-state index in [1.54, 1.807) is 0 Å². The molecule has 0 aliphatic carbocycles. The van der Waals surface area contributed by atoms with Gasteiger partial charge in [-0.25, -0.2) is 0 Å². The van der Waals surface area contributed by atoms with E-state index in [9.17, 15) is 0 Å². The van der Waals surface area contributed by atoms with Crippen LogP contribution in [0, 0.1) is 46.3 Å². The second-order valence-electron chi connectivity index (χ2n) is 9.96. The van der Waals surface area contributed by atoms with Gasteiger partial charge in [0.25, 0.3) is 0 Å². The van der Waals surface area contributed by atoms with E-state index in [1.807, 2.05) is 0 Å². The zero-order valence-electron chi connectivity index (χ0n) is 24.2. The first kappa shape index (κ1) is 34.6. The van der Waals surface area contributed by atoms with Crippen LogP contribution in [0.5, 0.6) is 0 Å². The molecule has 0 aromatic carbocycles. The quantitative estimate of drug-likeness (QED) is 0.0787. The summed E-state index contributed by atoms with van der Waals surface area (Å²) in [5.74, 6) is 12.1. The first-order valence-electron chi connectivity index (χ1n) is 14.6. The van der Waals surface area contributed by atoms with Crippen LogP contribution in [0.1, 0.15) is 119 Å². The minimum atomic E-state index is -1.88. The molecule has 0 unspecified atom stereocenters. The molecular formula is C32H58NiP2. The molecule has 0 radical (unpaired) electrons. The third-order valence-corrected chi connectivity index (χ3v) is 41.0. The Morgan fingerprint density at radius 1 is 0.457 bits per heavy atom. The summed E-state index contributed by atoms with van der Waals surface area (Å²) in [5, 5.41) is 0. The van der Waals surface area contributed by atoms with E-state index < -0.39 is 23.6 Å². The Kier molecular flexibility index (Phi) is 20.4. The number of hydrogen-bond donors (Lipinski definition) is 0. The molecule has 0 atom stereocenters. The number of unbranched alkanes of at least 4 members (excludes halogenated alkanes) is 6. The Morgan fingerprint density at radius 2 is 0.686 bits per heavy atom. The molecular weight excluding hydrogens is 505 g/mol. The van der Waals surface area contributed by atoms with Crippen molar-refractivity contribution in [1.29, 1.82) is 0 Å². The van der Waals surface area contributed by atoms with E-state index in [4.69, 9.17) is 12.8 Å². The fourth-order valence-electron chi connectivity index (χ4n) is 5.23. The van der Waals surface area contributed by atoms with Crippen molar-refractivity contribution >= 4 is 12.1 Å². The van der Waals surface area contributed by atoms with Crippen molar-refractivity contribution < 1.29 is 11.5 Å². The standard InChI is InChI=1S/2C12H27P.2C4H.Ni/c2*1-4-7-10-13(11-8-5-2)12-9-6-3;2*1-3-4-2;/h2*4-12H2,1-3H3;2*1H;/q;;;;-2/p+2. The third kappa shape index (κ3) is 10.1. The van der Waals surface area contributed by atoms with Crippen LogP contribution in [0.3, 0.4) is 0 Å². The van der Waals surface area contributed by atoms with Crippen molar-refractivity contribution in [3.63, 3.8) is 0 Å². The van der Waals surface area contributed by atoms with E-state index >= 15 is 0 Å². The van der Waals surface area contributed by atoms with Crippen molar-refractivity contribution in [2.75, 3.05) is 37.0 Å². The van der Waals surface area contributed by atoms with E-state index in [2.05, 4.69) is 75.0 Å². The maximum atomic E-state index is 5.89. The number of terminal acetylenes is 2. The molecule has 0 nitrogen and oxygen atoms in total. The van der Waals surface area contributed by atoms with Crippen LogP contribution < -0.4 is 0 Å². The summed E-state index contributed by atoms with van der Waals surface area (Å²) in [6.07, 6.45) is 35.4. The molecule has 0 spiro atoms. The Balaban J connectivity index is 7.71. The van der Waals surface area contributed by atoms with Crippen LogP contribution in [-0.4, -0.2) is 37.0 Å². The maximum absolute atomic E-state index is 5.89. The molecule has 0 N–H and O–H groups in total. The monoisotopic (exact) mass is 562 g/mol. The van der Waals surface area contributed by atoms with E-state index in [0.29, 0.717) is 0 Å². The van der Waals surface area contributed by atoms with Gasteiger partial charge < -0.3 is 0 Å². The fraction of sp³-hybridized carbons (Fsp3) is 0.750. The Morgan fingerprint density at radius 3 is 0.857 bits per heavy atom. The molecule has 0 aromatic rings. The zero-order valence-corrected chi connectivity index (χ0v) is 27.2. The van der Waals surface area contributed by atoms with Gasteiger partial charge in [0, 0.05) is 0 Å². The molecule has 206 valence electrons. The summed E-state index contributed by atoms with van der Waals surface area (Å²) >= 11 is -1.65. The molecule has 0 aliphatic heterocycles. The minimum absolute atomic E-state index is 1.25. The van der Waals surface area contributed by atoms with Crippen LogP contribution in [-0.2, 0) is 11.5 Å². The first-order valence-corrected chi connectivity index (χ1v) is 23.4. The van der Waals surface area contributed by atoms with Gasteiger partial charge in [-0.1, -0.05) is 0 Å². The molecule has 0 aliphatic rings. The summed E-state index contributed by atoms with van der Waals surface area (Å²) in [5.41, 5.74) is 0. The Labute approximate surface area is 224 Å². The van der Waals surface area contributed by atoms with Gasteiger partial charge in [0.15, 0.2) is 0 Å². The topological polar surface area (TPSA) is 0 Å². The fourth-order valence-corrected chi connectivity index (χ4v) is 47.5. The average Bonchev–Trinajstić information content (AvgIpc) is 2.88. The Bertz CT molecular complexity index is 652. The van der Waals surface area contributed by atoms with Gasteiger partial charge in [-0.2, -0.15) is 0 Å². The zero-order chi connectivity index (χ0) is 26.5. The number of hydrogen-bond acceptors (Lipinski definition) is 0. The van der Waals surface area contributed by atoms with Crippen LogP contribution in [0.2, 0.25) is 0 Å². The summed E-state index contributed by atoms with van der Waals surface area (Å²) < 4.78 is 0. The predicted octanol–water partition coefficient (Wildman–Crippen LogP) is 9.46. The average molecular weight is 563 g/mol. The summed E-state index contributed by atoms with van der Waals surface area (Å²) in [7, 11) is 0. The van der Waals surface area contributed by atoms with Crippen LogP contribution in [0.15, 0.2) is 0 Å². The molecule has 0 rings (SSSR count). The van der Waals surface area contributed by atoms with Crippen molar-refractivity contribution in [2.45, 2.75) is 119 Å². The second-order valence-corrected chi connectivity index (χ2v) is 30.8. The normalized spacial score (nSPS) is 12.9. The molecule has 0 fully saturated rings. The van der Waals surface area contributed by atoms with Crippen molar-refractivity contribution in [2.24, 2.45) is 0 Å². The Hall–Kier alpha value is -0.406. The molecule has 0 aromatic heterocycles. The predicted molar refractivity (Wildman–Crippen MR) is 168 cm³/mol. The van der Waals surface area contributed by atoms with Crippen molar-refractivity contribution in [1.82, 2.24) is 0 Å². The van der Waals surface area contributed by atoms with Crippen molar-refractivity contribution in [3.05, 3.63) is 0 Å². The molecule has 3 heteroatoms. The molecule has 0 heterocycles. The van der Waals surface area contributed by atoms with Crippen LogP contribution in [0.25, 0.3) is 0 Å². The van der Waals surface area contributed by atoms with Gasteiger partial charge in [0.05, 0.1) is 0 Å². The van der Waals surface area contributed by atoms with E-state index in [-0.39, 0.29) is 0 Å². The van der Waals surface area contributed by atoms with Gasteiger partial charge >= 0.3 is 225 Å². The van der Waals surface area contributed by atoms with Gasteiger partial charge in [0.1, 0.15) is 0 Å². The second kappa shape index (κ2) is 20.6. The SMILES string of the molecule is C#CC#[C][Ni]([C]#CC#C)([PH](CCCC)(CCCC)CCCC)[PH](CCCC)(CCCC)CCCC. The molecule has 0 bridgehead atoms. The third-order valence-electron chi connectivity index (χ3n) is 7.24. The van der Waals surface area contributed by atoms with Gasteiger partial charge in [-0.3, -0.25) is 0 Å². The van der Waals surface area contributed by atoms with E-state index in [0.717, 1.165) is 0 Å². The van der Waals surface area contributed by atoms with Gasteiger partial charge in [-0.15, -0.1) is 0 Å². The molecule has 0 amide bonds. The van der Waals surface area contributed by atoms with Crippen molar-refractivity contribution in [3.8, 4) is 46.3 Å². The molecule has 0 saturated carbocycles. The van der Waals surface area contributed by atoms with Crippen LogP contribution >= 0.6 is 12.1 Å². The molecule has 0 saturated heterocycles. The molecule has 35 heavy (non-hydrogen) atoms. The van der Waals surface area contributed by atoms with Gasteiger partial charge in [0.2, 0.25) is 0 Å². The number of rotatable bonds is 20. The summed E-state index contributed by atoms with van der Waals surface area (Å²) in [4.78, 5) is 8.03. The first-order chi connectivity index (χ1) is 17.0. The van der Waals surface area contributed by atoms with Gasteiger partial charge in [-0.05, 0) is 0 Å².